The lowest BCUT2D eigenvalue weighted by molar-refractivity contribution is -0.144. The van der Waals surface area contributed by atoms with Gasteiger partial charge in [-0.3, -0.25) is 4.79 Å². The van der Waals surface area contributed by atoms with E-state index in [-0.39, 0.29) is 12.2 Å². The molecular weight excluding hydrogens is 278 g/mol. The molecule has 0 spiro atoms. The number of methoxy groups -OCH3 is 1. The molecule has 0 fully saturated rings. The molecule has 0 saturated heterocycles. The SMILES string of the molecule is CCOC(=O)[C@@H](S)[C@H](O)c1ccc(F)c(F)c1OC. The molecule has 2 atom stereocenters. The number of carbonyl (C=O) groups is 1. The molecule has 0 saturated carbocycles. The number of aliphatic hydroxyl groups excluding tert-OH is 1. The first kappa shape index (κ1) is 15.7. The fourth-order valence-electron chi connectivity index (χ4n) is 1.51. The summed E-state index contributed by atoms with van der Waals surface area (Å²) >= 11 is 3.92. The van der Waals surface area contributed by atoms with Crippen molar-refractivity contribution < 1.29 is 28.2 Å². The zero-order chi connectivity index (χ0) is 14.6. The third-order valence-corrected chi connectivity index (χ3v) is 2.92. The average molecular weight is 292 g/mol. The summed E-state index contributed by atoms with van der Waals surface area (Å²) in [7, 11) is 1.13. The maximum Gasteiger partial charge on any atom is 0.321 e. The van der Waals surface area contributed by atoms with Gasteiger partial charge < -0.3 is 14.6 Å². The Morgan fingerprint density at radius 3 is 2.63 bits per heavy atom. The number of benzene rings is 1. The van der Waals surface area contributed by atoms with Crippen LogP contribution in [0.5, 0.6) is 5.75 Å². The maximum atomic E-state index is 13.5. The lowest BCUT2D eigenvalue weighted by Gasteiger charge is -2.19. The Hall–Kier alpha value is -1.34. The number of rotatable bonds is 5. The van der Waals surface area contributed by atoms with Crippen molar-refractivity contribution in [2.24, 2.45) is 0 Å². The van der Waals surface area contributed by atoms with Crippen molar-refractivity contribution in [2.45, 2.75) is 18.3 Å². The molecule has 0 amide bonds. The molecule has 19 heavy (non-hydrogen) atoms. The molecule has 7 heteroatoms. The number of hydrogen-bond acceptors (Lipinski definition) is 5. The zero-order valence-corrected chi connectivity index (χ0v) is 11.3. The second kappa shape index (κ2) is 6.72. The molecule has 106 valence electrons. The van der Waals surface area contributed by atoms with E-state index in [0.29, 0.717) is 0 Å². The summed E-state index contributed by atoms with van der Waals surface area (Å²) < 4.78 is 35.9. The summed E-state index contributed by atoms with van der Waals surface area (Å²) in [5.74, 6) is -3.57. The molecular formula is C12H14F2O4S. The molecule has 0 radical (unpaired) electrons. The van der Waals surface area contributed by atoms with Gasteiger partial charge in [0.05, 0.1) is 13.7 Å². The van der Waals surface area contributed by atoms with E-state index in [2.05, 4.69) is 17.4 Å². The van der Waals surface area contributed by atoms with Gasteiger partial charge in [-0.1, -0.05) is 0 Å². The van der Waals surface area contributed by atoms with Crippen LogP contribution in [0.1, 0.15) is 18.6 Å². The van der Waals surface area contributed by atoms with Gasteiger partial charge in [0, 0.05) is 5.56 Å². The molecule has 0 aliphatic carbocycles. The van der Waals surface area contributed by atoms with Crippen molar-refractivity contribution in [2.75, 3.05) is 13.7 Å². The number of hydrogen-bond donors (Lipinski definition) is 2. The van der Waals surface area contributed by atoms with E-state index in [9.17, 15) is 18.7 Å². The minimum atomic E-state index is -1.48. The number of carbonyl (C=O) groups excluding carboxylic acids is 1. The first-order chi connectivity index (χ1) is 8.93. The largest absolute Gasteiger partial charge is 0.493 e. The van der Waals surface area contributed by atoms with Gasteiger partial charge in [0.15, 0.2) is 11.6 Å². The summed E-state index contributed by atoms with van der Waals surface area (Å²) in [4.78, 5) is 11.4. The van der Waals surface area contributed by atoms with Crippen LogP contribution in [0.3, 0.4) is 0 Å². The smallest absolute Gasteiger partial charge is 0.321 e. The molecule has 0 bridgehead atoms. The van der Waals surface area contributed by atoms with Crippen LogP contribution >= 0.6 is 12.6 Å². The molecule has 1 rings (SSSR count). The third-order valence-electron chi connectivity index (χ3n) is 2.43. The van der Waals surface area contributed by atoms with Crippen LogP contribution in [0, 0.1) is 11.6 Å². The Bertz CT molecular complexity index is 467. The highest BCUT2D eigenvalue weighted by Gasteiger charge is 2.30. The molecule has 1 aromatic carbocycles. The molecule has 0 aliphatic heterocycles. The van der Waals surface area contributed by atoms with Gasteiger partial charge in [0.1, 0.15) is 11.4 Å². The van der Waals surface area contributed by atoms with E-state index in [1.807, 2.05) is 0 Å². The normalized spacial score (nSPS) is 13.8. The minimum absolute atomic E-state index is 0.0746. The zero-order valence-electron chi connectivity index (χ0n) is 10.4. The number of halogens is 2. The van der Waals surface area contributed by atoms with Crippen LogP contribution in [-0.2, 0) is 9.53 Å². The standard InChI is InChI=1S/C12H14F2O4S/c1-3-18-12(16)11(19)9(15)6-4-5-7(13)8(14)10(6)17-2/h4-5,9,11,15,19H,3H2,1-2H3/t9-,11+/m1/s1. The molecule has 4 nitrogen and oxygen atoms in total. The summed E-state index contributed by atoms with van der Waals surface area (Å²) in [6, 6.07) is 1.96. The molecule has 1 aromatic rings. The summed E-state index contributed by atoms with van der Waals surface area (Å²) in [6.07, 6.45) is -1.48. The van der Waals surface area contributed by atoms with Crippen LogP contribution in [0.2, 0.25) is 0 Å². The molecule has 0 aromatic heterocycles. The summed E-state index contributed by atoms with van der Waals surface area (Å²) in [5, 5.41) is 8.74. The number of aliphatic hydroxyl groups is 1. The van der Waals surface area contributed by atoms with Crippen molar-refractivity contribution in [1.29, 1.82) is 0 Å². The van der Waals surface area contributed by atoms with Gasteiger partial charge in [0.25, 0.3) is 0 Å². The minimum Gasteiger partial charge on any atom is -0.493 e. The third kappa shape index (κ3) is 3.36. The number of thiol groups is 1. The van der Waals surface area contributed by atoms with E-state index < -0.39 is 34.7 Å². The molecule has 0 unspecified atom stereocenters. The van der Waals surface area contributed by atoms with Crippen LogP contribution in [0.4, 0.5) is 8.78 Å². The Morgan fingerprint density at radius 1 is 1.47 bits per heavy atom. The predicted octanol–water partition coefficient (Wildman–Crippen LogP) is 1.87. The fraction of sp³-hybridized carbons (Fsp3) is 0.417. The van der Waals surface area contributed by atoms with Crippen LogP contribution in [-0.4, -0.2) is 30.0 Å². The van der Waals surface area contributed by atoms with Crippen LogP contribution in [0.25, 0.3) is 0 Å². The van der Waals surface area contributed by atoms with E-state index in [0.717, 1.165) is 19.2 Å². The van der Waals surface area contributed by atoms with Crippen molar-refractivity contribution in [3.05, 3.63) is 29.3 Å². The van der Waals surface area contributed by atoms with E-state index in [1.54, 1.807) is 6.92 Å². The van der Waals surface area contributed by atoms with E-state index >= 15 is 0 Å². The fourth-order valence-corrected chi connectivity index (χ4v) is 1.75. The first-order valence-electron chi connectivity index (χ1n) is 5.48. The quantitative estimate of drug-likeness (QED) is 0.642. The number of ether oxygens (including phenoxy) is 2. The first-order valence-corrected chi connectivity index (χ1v) is 6.00. The van der Waals surface area contributed by atoms with Crippen molar-refractivity contribution in [3.8, 4) is 5.75 Å². The van der Waals surface area contributed by atoms with Gasteiger partial charge >= 0.3 is 5.97 Å². The average Bonchev–Trinajstić information content (AvgIpc) is 2.40. The Labute approximate surface area is 114 Å². The van der Waals surface area contributed by atoms with Crippen LogP contribution in [0.15, 0.2) is 12.1 Å². The topological polar surface area (TPSA) is 55.8 Å². The van der Waals surface area contributed by atoms with E-state index in [1.165, 1.54) is 0 Å². The van der Waals surface area contributed by atoms with Gasteiger partial charge in [-0.2, -0.15) is 17.0 Å². The summed E-state index contributed by atoms with van der Waals surface area (Å²) in [5.41, 5.74) is -0.0746. The van der Waals surface area contributed by atoms with Gasteiger partial charge in [-0.05, 0) is 19.1 Å². The lowest BCUT2D eigenvalue weighted by Crippen LogP contribution is -2.25. The Morgan fingerprint density at radius 2 is 2.11 bits per heavy atom. The van der Waals surface area contributed by atoms with E-state index in [4.69, 9.17) is 4.74 Å². The van der Waals surface area contributed by atoms with Gasteiger partial charge in [0.2, 0.25) is 5.82 Å². The monoisotopic (exact) mass is 292 g/mol. The second-order valence-electron chi connectivity index (χ2n) is 3.63. The summed E-state index contributed by atoms with van der Waals surface area (Å²) in [6.45, 7) is 1.72. The highest BCUT2D eigenvalue weighted by molar-refractivity contribution is 7.81. The highest BCUT2D eigenvalue weighted by atomic mass is 32.1. The Kier molecular flexibility index (Phi) is 5.56. The predicted molar refractivity (Wildman–Crippen MR) is 67.3 cm³/mol. The van der Waals surface area contributed by atoms with Gasteiger partial charge in [-0.15, -0.1) is 0 Å². The molecule has 0 aliphatic rings. The highest BCUT2D eigenvalue weighted by Crippen LogP contribution is 2.33. The lowest BCUT2D eigenvalue weighted by atomic mass is 10.0. The Balaban J connectivity index is 3.09. The second-order valence-corrected chi connectivity index (χ2v) is 4.18. The van der Waals surface area contributed by atoms with Gasteiger partial charge in [-0.25, -0.2) is 4.39 Å². The van der Waals surface area contributed by atoms with Crippen molar-refractivity contribution in [3.63, 3.8) is 0 Å². The maximum absolute atomic E-state index is 13.5. The van der Waals surface area contributed by atoms with Crippen molar-refractivity contribution >= 4 is 18.6 Å². The number of esters is 1. The molecule has 0 heterocycles. The van der Waals surface area contributed by atoms with Crippen molar-refractivity contribution in [1.82, 2.24) is 0 Å². The van der Waals surface area contributed by atoms with Crippen LogP contribution < -0.4 is 4.74 Å². The molecule has 1 N–H and O–H groups in total.